The van der Waals surface area contributed by atoms with Gasteiger partial charge in [0.1, 0.15) is 0 Å². The molecule has 0 aliphatic rings. The highest BCUT2D eigenvalue weighted by atomic mass is 35.5. The van der Waals surface area contributed by atoms with Crippen LogP contribution in [-0.4, -0.2) is 26.4 Å². The smallest absolute Gasteiger partial charge is 0.230 e. The van der Waals surface area contributed by atoms with Crippen molar-refractivity contribution in [2.45, 2.75) is 24.7 Å². The molecule has 0 radical (unpaired) electrons. The second kappa shape index (κ2) is 10.1. The SMILES string of the molecule is CC(NC(=O)CSc1nnc(-c2ccc(Cl)cc2)n1Cc1ccccc1)c1cccs1. The first kappa shape index (κ1) is 21.6. The molecular weight excluding hydrogens is 448 g/mol. The highest BCUT2D eigenvalue weighted by molar-refractivity contribution is 7.99. The third kappa shape index (κ3) is 5.55. The third-order valence-electron chi connectivity index (χ3n) is 4.68. The quantitative estimate of drug-likeness (QED) is 0.338. The molecule has 0 spiro atoms. The number of rotatable bonds is 8. The fourth-order valence-electron chi connectivity index (χ4n) is 3.14. The van der Waals surface area contributed by atoms with Gasteiger partial charge in [0.2, 0.25) is 5.91 Å². The Morgan fingerprint density at radius 3 is 2.58 bits per heavy atom. The standard InChI is InChI=1S/C23H21ClN4OS2/c1-16(20-8-5-13-30-20)25-21(29)15-31-23-27-26-22(18-9-11-19(24)12-10-18)28(23)14-17-6-3-2-4-7-17/h2-13,16H,14-15H2,1H3,(H,25,29). The molecule has 31 heavy (non-hydrogen) atoms. The van der Waals surface area contributed by atoms with Gasteiger partial charge in [0.15, 0.2) is 11.0 Å². The fraction of sp³-hybridized carbons (Fsp3) is 0.174. The molecule has 1 atom stereocenters. The highest BCUT2D eigenvalue weighted by Gasteiger charge is 2.17. The summed E-state index contributed by atoms with van der Waals surface area (Å²) in [5.74, 6) is 0.979. The molecule has 1 amide bonds. The number of benzene rings is 2. The van der Waals surface area contributed by atoms with Crippen molar-refractivity contribution in [2.24, 2.45) is 0 Å². The Kier molecular flexibility index (Phi) is 7.06. The van der Waals surface area contributed by atoms with Crippen LogP contribution >= 0.6 is 34.7 Å². The van der Waals surface area contributed by atoms with Crippen molar-refractivity contribution in [1.29, 1.82) is 0 Å². The maximum Gasteiger partial charge on any atom is 0.230 e. The van der Waals surface area contributed by atoms with Gasteiger partial charge in [-0.15, -0.1) is 21.5 Å². The van der Waals surface area contributed by atoms with Crippen molar-refractivity contribution >= 4 is 40.6 Å². The summed E-state index contributed by atoms with van der Waals surface area (Å²) in [7, 11) is 0. The molecule has 4 aromatic rings. The van der Waals surface area contributed by atoms with Crippen LogP contribution in [0.2, 0.25) is 5.02 Å². The van der Waals surface area contributed by atoms with Crippen LogP contribution in [0.4, 0.5) is 0 Å². The van der Waals surface area contributed by atoms with Crippen LogP contribution < -0.4 is 5.32 Å². The molecule has 0 saturated heterocycles. The van der Waals surface area contributed by atoms with Crippen LogP contribution in [-0.2, 0) is 11.3 Å². The van der Waals surface area contributed by atoms with Gasteiger partial charge in [-0.2, -0.15) is 0 Å². The molecule has 0 fully saturated rings. The van der Waals surface area contributed by atoms with Crippen LogP contribution in [0.3, 0.4) is 0 Å². The second-order valence-corrected chi connectivity index (χ2v) is 9.34. The van der Waals surface area contributed by atoms with Gasteiger partial charge in [0.25, 0.3) is 0 Å². The molecule has 5 nitrogen and oxygen atoms in total. The van der Waals surface area contributed by atoms with E-state index in [-0.39, 0.29) is 17.7 Å². The van der Waals surface area contributed by atoms with Gasteiger partial charge in [0.05, 0.1) is 18.3 Å². The van der Waals surface area contributed by atoms with Gasteiger partial charge < -0.3 is 5.32 Å². The molecular formula is C23H21ClN4OS2. The second-order valence-electron chi connectivity index (χ2n) is 6.98. The molecule has 1 N–H and O–H groups in total. The lowest BCUT2D eigenvalue weighted by molar-refractivity contribution is -0.119. The van der Waals surface area contributed by atoms with Gasteiger partial charge in [-0.1, -0.05) is 59.8 Å². The summed E-state index contributed by atoms with van der Waals surface area (Å²) in [6.45, 7) is 2.60. The monoisotopic (exact) mass is 468 g/mol. The first-order valence-electron chi connectivity index (χ1n) is 9.79. The zero-order chi connectivity index (χ0) is 21.6. The number of thiophene rings is 1. The lowest BCUT2D eigenvalue weighted by Gasteiger charge is -2.13. The summed E-state index contributed by atoms with van der Waals surface area (Å²) in [6, 6.07) is 21.7. The van der Waals surface area contributed by atoms with E-state index < -0.39 is 0 Å². The fourth-order valence-corrected chi connectivity index (χ4v) is 4.75. The molecule has 8 heteroatoms. The number of hydrogen-bond acceptors (Lipinski definition) is 5. The lowest BCUT2D eigenvalue weighted by Crippen LogP contribution is -2.27. The number of hydrogen-bond donors (Lipinski definition) is 1. The zero-order valence-corrected chi connectivity index (χ0v) is 19.3. The largest absolute Gasteiger partial charge is 0.348 e. The summed E-state index contributed by atoms with van der Waals surface area (Å²) >= 11 is 9.07. The Bertz CT molecular complexity index is 1130. The van der Waals surface area contributed by atoms with E-state index in [0.717, 1.165) is 21.8 Å². The van der Waals surface area contributed by atoms with Crippen molar-refractivity contribution in [3.63, 3.8) is 0 Å². The molecule has 0 saturated carbocycles. The first-order valence-corrected chi connectivity index (χ1v) is 12.0. The van der Waals surface area contributed by atoms with Crippen molar-refractivity contribution in [1.82, 2.24) is 20.1 Å². The van der Waals surface area contributed by atoms with Crippen molar-refractivity contribution in [3.05, 3.63) is 87.6 Å². The van der Waals surface area contributed by atoms with E-state index in [1.165, 1.54) is 11.8 Å². The van der Waals surface area contributed by atoms with E-state index in [2.05, 4.69) is 27.6 Å². The maximum absolute atomic E-state index is 12.5. The van der Waals surface area contributed by atoms with Gasteiger partial charge >= 0.3 is 0 Å². The predicted octanol–water partition coefficient (Wildman–Crippen LogP) is 5.68. The van der Waals surface area contributed by atoms with Gasteiger partial charge in [0, 0.05) is 15.5 Å². The first-order chi connectivity index (χ1) is 15.1. The normalized spacial score (nSPS) is 11.9. The Hall–Kier alpha value is -2.61. The van der Waals surface area contributed by atoms with Gasteiger partial charge in [-0.3, -0.25) is 9.36 Å². The van der Waals surface area contributed by atoms with Crippen molar-refractivity contribution < 1.29 is 4.79 Å². The highest BCUT2D eigenvalue weighted by Crippen LogP contribution is 2.26. The predicted molar refractivity (Wildman–Crippen MR) is 128 cm³/mol. The number of aromatic nitrogens is 3. The summed E-state index contributed by atoms with van der Waals surface area (Å²) in [4.78, 5) is 13.6. The average Bonchev–Trinajstić information content (AvgIpc) is 3.44. The lowest BCUT2D eigenvalue weighted by atomic mass is 10.2. The Morgan fingerprint density at radius 2 is 1.87 bits per heavy atom. The molecule has 4 rings (SSSR count). The van der Waals surface area contributed by atoms with E-state index in [0.29, 0.717) is 16.7 Å². The number of thioether (sulfide) groups is 1. The molecule has 158 valence electrons. The Labute approximate surface area is 194 Å². The molecule has 0 aliphatic heterocycles. The minimum Gasteiger partial charge on any atom is -0.348 e. The third-order valence-corrected chi connectivity index (χ3v) is 6.96. The van der Waals surface area contributed by atoms with Crippen LogP contribution in [0.25, 0.3) is 11.4 Å². The van der Waals surface area contributed by atoms with Crippen LogP contribution in [0.15, 0.2) is 77.3 Å². The number of carbonyl (C=O) groups excluding carboxylic acids is 1. The zero-order valence-electron chi connectivity index (χ0n) is 16.9. The number of carbonyl (C=O) groups is 1. The van der Waals surface area contributed by atoms with Gasteiger partial charge in [-0.05, 0) is 48.2 Å². The van der Waals surface area contributed by atoms with E-state index >= 15 is 0 Å². The summed E-state index contributed by atoms with van der Waals surface area (Å²) < 4.78 is 2.04. The summed E-state index contributed by atoms with van der Waals surface area (Å²) in [5.41, 5.74) is 2.06. The summed E-state index contributed by atoms with van der Waals surface area (Å²) in [5, 5.41) is 15.2. The van der Waals surface area contributed by atoms with E-state index in [9.17, 15) is 4.79 Å². The number of nitrogens with one attached hydrogen (secondary N) is 1. The molecule has 1 unspecified atom stereocenters. The van der Waals surface area contributed by atoms with E-state index in [1.807, 2.05) is 71.5 Å². The summed E-state index contributed by atoms with van der Waals surface area (Å²) in [6.07, 6.45) is 0. The topological polar surface area (TPSA) is 59.8 Å². The molecule has 2 aromatic carbocycles. The Morgan fingerprint density at radius 1 is 1.10 bits per heavy atom. The molecule has 0 bridgehead atoms. The minimum atomic E-state index is -0.0341. The Balaban J connectivity index is 1.52. The molecule has 2 heterocycles. The van der Waals surface area contributed by atoms with Crippen LogP contribution in [0, 0.1) is 0 Å². The molecule has 0 aliphatic carbocycles. The van der Waals surface area contributed by atoms with Crippen LogP contribution in [0.1, 0.15) is 23.4 Å². The number of nitrogens with zero attached hydrogens (tertiary/aromatic N) is 3. The maximum atomic E-state index is 12.5. The average molecular weight is 469 g/mol. The van der Waals surface area contributed by atoms with Crippen molar-refractivity contribution in [2.75, 3.05) is 5.75 Å². The van der Waals surface area contributed by atoms with Gasteiger partial charge in [-0.25, -0.2) is 0 Å². The van der Waals surface area contributed by atoms with E-state index in [4.69, 9.17) is 11.6 Å². The minimum absolute atomic E-state index is 0.0140. The number of amides is 1. The van der Waals surface area contributed by atoms with Crippen molar-refractivity contribution in [3.8, 4) is 11.4 Å². The van der Waals surface area contributed by atoms with Crippen LogP contribution in [0.5, 0.6) is 0 Å². The number of halogens is 1. The van der Waals surface area contributed by atoms with E-state index in [1.54, 1.807) is 11.3 Å². The molecule has 2 aromatic heterocycles.